The summed E-state index contributed by atoms with van der Waals surface area (Å²) in [5.41, 5.74) is -0.549. The molecule has 0 amide bonds. The van der Waals surface area contributed by atoms with Crippen LogP contribution >= 0.6 is 0 Å². The predicted molar refractivity (Wildman–Crippen MR) is 56.4 cm³/mol. The lowest BCUT2D eigenvalue weighted by atomic mass is 9.99. The normalized spacial score (nSPS) is 40.4. The summed E-state index contributed by atoms with van der Waals surface area (Å²) in [7, 11) is 0. The van der Waals surface area contributed by atoms with Crippen LogP contribution in [0.15, 0.2) is 0 Å². The monoisotopic (exact) mass is 230 g/mol. The average molecular weight is 230 g/mol. The van der Waals surface area contributed by atoms with Gasteiger partial charge in [-0.1, -0.05) is 5.92 Å². The minimum Gasteiger partial charge on any atom is -0.387 e. The van der Waals surface area contributed by atoms with E-state index in [4.69, 9.17) is 15.9 Å². The fraction of sp³-hybridized carbons (Fsp3) is 0.818. The molecular formula is C11H18O5. The van der Waals surface area contributed by atoms with Crippen molar-refractivity contribution in [3.05, 3.63) is 0 Å². The maximum Gasteiger partial charge on any atom is 0.188 e. The SMILES string of the molecule is C#CC1O[C@H](OC(C)(C)C)C(O)[C@@H](O)[C@@H]1O. The fourth-order valence-electron chi connectivity index (χ4n) is 1.43. The Morgan fingerprint density at radius 1 is 1.12 bits per heavy atom. The maximum absolute atomic E-state index is 9.66. The Hall–Kier alpha value is -0.640. The highest BCUT2D eigenvalue weighted by Gasteiger charge is 2.44. The number of terminal acetylenes is 1. The van der Waals surface area contributed by atoms with E-state index in [1.165, 1.54) is 0 Å². The lowest BCUT2D eigenvalue weighted by Crippen LogP contribution is -2.58. The van der Waals surface area contributed by atoms with Crippen LogP contribution in [0.25, 0.3) is 0 Å². The molecule has 5 heteroatoms. The van der Waals surface area contributed by atoms with Gasteiger partial charge in [-0.05, 0) is 20.8 Å². The Balaban J connectivity index is 2.76. The van der Waals surface area contributed by atoms with E-state index in [9.17, 15) is 15.3 Å². The van der Waals surface area contributed by atoms with Crippen molar-refractivity contribution in [2.45, 2.75) is 57.1 Å². The number of aliphatic hydroxyl groups excluding tert-OH is 3. The number of hydrogen-bond acceptors (Lipinski definition) is 5. The number of rotatable bonds is 1. The summed E-state index contributed by atoms with van der Waals surface area (Å²) in [6, 6.07) is 0. The van der Waals surface area contributed by atoms with Crippen LogP contribution in [-0.4, -0.2) is 51.6 Å². The molecule has 92 valence electrons. The van der Waals surface area contributed by atoms with Crippen LogP contribution in [0.2, 0.25) is 0 Å². The van der Waals surface area contributed by atoms with Gasteiger partial charge in [0.1, 0.15) is 24.4 Å². The van der Waals surface area contributed by atoms with Gasteiger partial charge in [0.25, 0.3) is 0 Å². The average Bonchev–Trinajstić information content (AvgIpc) is 2.17. The summed E-state index contributed by atoms with van der Waals surface area (Å²) in [5.74, 6) is 2.20. The summed E-state index contributed by atoms with van der Waals surface area (Å²) >= 11 is 0. The molecule has 0 aromatic rings. The molecule has 1 heterocycles. The maximum atomic E-state index is 9.66. The van der Waals surface area contributed by atoms with Gasteiger partial charge in [-0.2, -0.15) is 0 Å². The fourth-order valence-corrected chi connectivity index (χ4v) is 1.43. The molecule has 5 nitrogen and oxygen atoms in total. The first kappa shape index (κ1) is 13.4. The van der Waals surface area contributed by atoms with Crippen molar-refractivity contribution < 1.29 is 24.8 Å². The Morgan fingerprint density at radius 3 is 2.12 bits per heavy atom. The molecule has 3 N–H and O–H groups in total. The minimum absolute atomic E-state index is 0.549. The summed E-state index contributed by atoms with van der Waals surface area (Å²) in [5, 5.41) is 28.7. The molecule has 5 atom stereocenters. The molecule has 1 fully saturated rings. The summed E-state index contributed by atoms with van der Waals surface area (Å²) < 4.78 is 10.6. The van der Waals surface area contributed by atoms with Gasteiger partial charge >= 0.3 is 0 Å². The van der Waals surface area contributed by atoms with E-state index < -0.39 is 36.3 Å². The van der Waals surface area contributed by atoms with Crippen LogP contribution < -0.4 is 0 Å². The number of hydrogen-bond donors (Lipinski definition) is 3. The van der Waals surface area contributed by atoms with Crippen LogP contribution in [0.1, 0.15) is 20.8 Å². The zero-order valence-electron chi connectivity index (χ0n) is 9.62. The molecule has 1 rings (SSSR count). The molecule has 1 aliphatic rings. The van der Waals surface area contributed by atoms with Crippen LogP contribution in [-0.2, 0) is 9.47 Å². The van der Waals surface area contributed by atoms with Gasteiger partial charge in [-0.25, -0.2) is 0 Å². The Bertz CT molecular complexity index is 277. The highest BCUT2D eigenvalue weighted by molar-refractivity contribution is 5.05. The van der Waals surface area contributed by atoms with Gasteiger partial charge in [0, 0.05) is 0 Å². The van der Waals surface area contributed by atoms with Gasteiger partial charge in [-0.3, -0.25) is 0 Å². The van der Waals surface area contributed by atoms with E-state index in [2.05, 4.69) is 5.92 Å². The lowest BCUT2D eigenvalue weighted by molar-refractivity contribution is -0.307. The van der Waals surface area contributed by atoms with E-state index in [0.29, 0.717) is 0 Å². The third-order valence-corrected chi connectivity index (χ3v) is 2.20. The van der Waals surface area contributed by atoms with Gasteiger partial charge in [-0.15, -0.1) is 6.42 Å². The zero-order valence-corrected chi connectivity index (χ0v) is 9.62. The first-order chi connectivity index (χ1) is 7.26. The van der Waals surface area contributed by atoms with Gasteiger partial charge in [0.05, 0.1) is 5.60 Å². The third-order valence-electron chi connectivity index (χ3n) is 2.20. The van der Waals surface area contributed by atoms with E-state index in [1.54, 1.807) is 20.8 Å². The van der Waals surface area contributed by atoms with Crippen molar-refractivity contribution in [2.24, 2.45) is 0 Å². The van der Waals surface area contributed by atoms with E-state index in [0.717, 1.165) is 0 Å². The van der Waals surface area contributed by atoms with Crippen LogP contribution in [0.5, 0.6) is 0 Å². The molecular weight excluding hydrogens is 212 g/mol. The second kappa shape index (κ2) is 4.70. The van der Waals surface area contributed by atoms with Gasteiger partial charge in [0.2, 0.25) is 0 Å². The van der Waals surface area contributed by atoms with E-state index in [1.807, 2.05) is 0 Å². The van der Waals surface area contributed by atoms with Crippen molar-refractivity contribution in [2.75, 3.05) is 0 Å². The van der Waals surface area contributed by atoms with E-state index >= 15 is 0 Å². The van der Waals surface area contributed by atoms with Crippen LogP contribution in [0.3, 0.4) is 0 Å². The van der Waals surface area contributed by atoms with Crippen LogP contribution in [0.4, 0.5) is 0 Å². The largest absolute Gasteiger partial charge is 0.387 e. The zero-order chi connectivity index (χ0) is 12.5. The molecule has 0 aliphatic carbocycles. The lowest BCUT2D eigenvalue weighted by Gasteiger charge is -2.40. The molecule has 0 radical (unpaired) electrons. The van der Waals surface area contributed by atoms with Crippen molar-refractivity contribution >= 4 is 0 Å². The van der Waals surface area contributed by atoms with Crippen LogP contribution in [0, 0.1) is 12.3 Å². The standard InChI is InChI=1S/C11H18O5/c1-5-6-7(12)8(13)9(14)10(15-6)16-11(2,3)4/h1,6-10,12-14H,2-4H3/t6?,7-,8+,9?,10-/m1/s1. The molecule has 16 heavy (non-hydrogen) atoms. The smallest absolute Gasteiger partial charge is 0.188 e. The Morgan fingerprint density at radius 2 is 1.69 bits per heavy atom. The summed E-state index contributed by atoms with van der Waals surface area (Å²) in [6.07, 6.45) is -0.878. The highest BCUT2D eigenvalue weighted by Crippen LogP contribution is 2.25. The quantitative estimate of drug-likeness (QED) is 0.516. The topological polar surface area (TPSA) is 79.2 Å². The third kappa shape index (κ3) is 2.94. The molecule has 0 aromatic heterocycles. The molecule has 0 saturated carbocycles. The predicted octanol–water partition coefficient (Wildman–Crippen LogP) is -0.758. The summed E-state index contributed by atoms with van der Waals surface area (Å²) in [6.45, 7) is 5.35. The first-order valence-electron chi connectivity index (χ1n) is 5.10. The van der Waals surface area contributed by atoms with Crippen molar-refractivity contribution in [1.29, 1.82) is 0 Å². The second-order valence-corrected chi connectivity index (χ2v) is 4.79. The van der Waals surface area contributed by atoms with Crippen molar-refractivity contribution in [3.63, 3.8) is 0 Å². The molecule has 0 spiro atoms. The molecule has 0 aromatic carbocycles. The minimum atomic E-state index is -1.37. The molecule has 0 bridgehead atoms. The van der Waals surface area contributed by atoms with E-state index in [-0.39, 0.29) is 0 Å². The molecule has 2 unspecified atom stereocenters. The van der Waals surface area contributed by atoms with Crippen molar-refractivity contribution in [3.8, 4) is 12.3 Å². The first-order valence-corrected chi connectivity index (χ1v) is 5.10. The summed E-state index contributed by atoms with van der Waals surface area (Å²) in [4.78, 5) is 0. The Kier molecular flexibility index (Phi) is 3.94. The number of aliphatic hydroxyl groups is 3. The van der Waals surface area contributed by atoms with Gasteiger partial charge < -0.3 is 24.8 Å². The Labute approximate surface area is 95.0 Å². The second-order valence-electron chi connectivity index (χ2n) is 4.79. The van der Waals surface area contributed by atoms with Crippen molar-refractivity contribution in [1.82, 2.24) is 0 Å². The highest BCUT2D eigenvalue weighted by atomic mass is 16.7. The number of ether oxygens (including phenoxy) is 2. The molecule has 1 aliphatic heterocycles. The van der Waals surface area contributed by atoms with Gasteiger partial charge in [0.15, 0.2) is 6.29 Å². The molecule has 1 saturated heterocycles.